The zero-order chi connectivity index (χ0) is 15.8. The van der Waals surface area contributed by atoms with Crippen molar-refractivity contribution in [3.63, 3.8) is 0 Å². The van der Waals surface area contributed by atoms with Crippen molar-refractivity contribution in [1.82, 2.24) is 5.32 Å². The normalized spacial score (nSPS) is 19.7. The van der Waals surface area contributed by atoms with Crippen LogP contribution >= 0.6 is 0 Å². The minimum atomic E-state index is -0.736. The summed E-state index contributed by atoms with van der Waals surface area (Å²) in [6, 6.07) is 8.45. The third-order valence-corrected chi connectivity index (χ3v) is 4.54. The van der Waals surface area contributed by atoms with Crippen molar-refractivity contribution in [3.8, 4) is 0 Å². The lowest BCUT2D eigenvalue weighted by atomic mass is 9.86. The van der Waals surface area contributed by atoms with E-state index >= 15 is 0 Å². The summed E-state index contributed by atoms with van der Waals surface area (Å²) >= 11 is 0. The molecule has 1 fully saturated rings. The summed E-state index contributed by atoms with van der Waals surface area (Å²) in [4.78, 5) is 12.3. The van der Waals surface area contributed by atoms with Crippen molar-refractivity contribution < 1.29 is 4.79 Å². The highest BCUT2D eigenvalue weighted by atomic mass is 16.2. The Hall–Kier alpha value is -1.35. The fourth-order valence-corrected chi connectivity index (χ4v) is 2.58. The molecule has 0 heterocycles. The molecule has 21 heavy (non-hydrogen) atoms. The van der Waals surface area contributed by atoms with Gasteiger partial charge in [0.25, 0.3) is 0 Å². The van der Waals surface area contributed by atoms with Crippen LogP contribution in [0, 0.1) is 5.92 Å². The molecule has 3 nitrogen and oxygen atoms in total. The van der Waals surface area contributed by atoms with E-state index in [1.807, 2.05) is 13.8 Å². The summed E-state index contributed by atoms with van der Waals surface area (Å²) in [5.74, 6) is 0.297. The molecule has 0 bridgehead atoms. The zero-order valence-corrected chi connectivity index (χ0v) is 13.9. The molecule has 1 aromatic rings. The summed E-state index contributed by atoms with van der Waals surface area (Å²) in [6.07, 6.45) is 2.13. The van der Waals surface area contributed by atoms with Crippen molar-refractivity contribution in [2.75, 3.05) is 0 Å². The van der Waals surface area contributed by atoms with E-state index in [0.717, 1.165) is 18.4 Å². The summed E-state index contributed by atoms with van der Waals surface area (Å²) in [6.45, 7) is 10.4. The van der Waals surface area contributed by atoms with Crippen molar-refractivity contribution >= 4 is 5.91 Å². The molecule has 0 aromatic heterocycles. The van der Waals surface area contributed by atoms with Crippen LogP contribution in [0.1, 0.15) is 64.6 Å². The van der Waals surface area contributed by atoms with Gasteiger partial charge in [-0.25, -0.2) is 0 Å². The molecule has 0 aliphatic heterocycles. The number of carbonyl (C=O) groups is 1. The largest absolute Gasteiger partial charge is 0.348 e. The molecule has 0 radical (unpaired) electrons. The Labute approximate surface area is 128 Å². The number of carbonyl (C=O) groups excluding carboxylic acids is 1. The van der Waals surface area contributed by atoms with Crippen LogP contribution in [0.3, 0.4) is 0 Å². The summed E-state index contributed by atoms with van der Waals surface area (Å²) < 4.78 is 0. The first-order chi connectivity index (χ1) is 9.62. The second-order valence-electron chi connectivity index (χ2n) is 7.62. The molecular formula is C18H28N2O. The summed E-state index contributed by atoms with van der Waals surface area (Å²) in [5, 5.41) is 3.05. The predicted molar refractivity (Wildman–Crippen MR) is 87.0 cm³/mol. The van der Waals surface area contributed by atoms with Gasteiger partial charge in [-0.15, -0.1) is 0 Å². The van der Waals surface area contributed by atoms with Gasteiger partial charge in [0.2, 0.25) is 5.91 Å². The number of hydrogen-bond donors (Lipinski definition) is 2. The quantitative estimate of drug-likeness (QED) is 0.893. The van der Waals surface area contributed by atoms with Gasteiger partial charge in [0.1, 0.15) is 0 Å². The molecule has 0 spiro atoms. The van der Waals surface area contributed by atoms with E-state index in [-0.39, 0.29) is 17.4 Å². The Morgan fingerprint density at radius 1 is 1.19 bits per heavy atom. The molecule has 3 N–H and O–H groups in total. The molecule has 2 rings (SSSR count). The highest BCUT2D eigenvalue weighted by molar-refractivity contribution is 5.86. The molecule has 2 unspecified atom stereocenters. The number of hydrogen-bond acceptors (Lipinski definition) is 2. The predicted octanol–water partition coefficient (Wildman–Crippen LogP) is 3.29. The fourth-order valence-electron chi connectivity index (χ4n) is 2.58. The van der Waals surface area contributed by atoms with E-state index in [4.69, 9.17) is 5.73 Å². The number of nitrogens with two attached hydrogens (primary N) is 1. The zero-order valence-electron chi connectivity index (χ0n) is 13.9. The maximum atomic E-state index is 12.3. The van der Waals surface area contributed by atoms with Gasteiger partial charge >= 0.3 is 0 Å². The molecule has 3 heteroatoms. The molecule has 2 atom stereocenters. The maximum Gasteiger partial charge on any atom is 0.240 e. The van der Waals surface area contributed by atoms with Crippen LogP contribution in [0.25, 0.3) is 0 Å². The van der Waals surface area contributed by atoms with Crippen LogP contribution in [-0.4, -0.2) is 11.4 Å². The Kier molecular flexibility index (Phi) is 4.16. The summed E-state index contributed by atoms with van der Waals surface area (Å²) in [7, 11) is 0. The first kappa shape index (κ1) is 16.0. The number of amides is 1. The van der Waals surface area contributed by atoms with Crippen LogP contribution in [0.4, 0.5) is 0 Å². The second kappa shape index (κ2) is 5.45. The highest BCUT2D eigenvalue weighted by Crippen LogP contribution is 2.38. The van der Waals surface area contributed by atoms with Crippen molar-refractivity contribution in [3.05, 3.63) is 35.4 Å². The van der Waals surface area contributed by atoms with E-state index in [0.29, 0.717) is 5.92 Å². The first-order valence-electron chi connectivity index (χ1n) is 7.82. The van der Waals surface area contributed by atoms with Gasteiger partial charge in [0, 0.05) is 0 Å². The molecule has 1 amide bonds. The van der Waals surface area contributed by atoms with E-state index < -0.39 is 5.54 Å². The molecule has 116 valence electrons. The highest BCUT2D eigenvalue weighted by Gasteiger charge is 2.44. The molecular weight excluding hydrogens is 260 g/mol. The second-order valence-corrected chi connectivity index (χ2v) is 7.62. The lowest BCUT2D eigenvalue weighted by Gasteiger charge is -2.26. The van der Waals surface area contributed by atoms with Gasteiger partial charge < -0.3 is 11.1 Å². The van der Waals surface area contributed by atoms with Gasteiger partial charge in [0.05, 0.1) is 11.6 Å². The first-order valence-corrected chi connectivity index (χ1v) is 7.82. The standard InChI is InChI=1S/C18H28N2O/c1-12(20-16(21)18(5,19)15-10-11-15)13-6-8-14(9-7-13)17(2,3)4/h6-9,12,15H,10-11,19H2,1-5H3,(H,20,21). The fraction of sp³-hybridized carbons (Fsp3) is 0.611. The van der Waals surface area contributed by atoms with Crippen LogP contribution in [0.5, 0.6) is 0 Å². The molecule has 1 aliphatic carbocycles. The van der Waals surface area contributed by atoms with Gasteiger partial charge in [-0.2, -0.15) is 0 Å². The number of benzene rings is 1. The van der Waals surface area contributed by atoms with E-state index in [2.05, 4.69) is 50.4 Å². The lowest BCUT2D eigenvalue weighted by Crippen LogP contribution is -2.53. The van der Waals surface area contributed by atoms with Crippen molar-refractivity contribution in [2.45, 2.75) is 64.5 Å². The summed E-state index contributed by atoms with van der Waals surface area (Å²) in [5.41, 5.74) is 7.98. The Morgan fingerprint density at radius 3 is 2.14 bits per heavy atom. The smallest absolute Gasteiger partial charge is 0.240 e. The molecule has 1 aliphatic rings. The number of rotatable bonds is 4. The molecule has 0 saturated heterocycles. The topological polar surface area (TPSA) is 55.1 Å². The van der Waals surface area contributed by atoms with Crippen LogP contribution in [-0.2, 0) is 10.2 Å². The maximum absolute atomic E-state index is 12.3. The van der Waals surface area contributed by atoms with Gasteiger partial charge in [0.15, 0.2) is 0 Å². The van der Waals surface area contributed by atoms with E-state index in [9.17, 15) is 4.79 Å². The molecule has 1 aromatic carbocycles. The Bertz CT molecular complexity index is 507. The number of nitrogens with one attached hydrogen (secondary N) is 1. The Balaban J connectivity index is 2.03. The van der Waals surface area contributed by atoms with Gasteiger partial charge in [-0.3, -0.25) is 4.79 Å². The monoisotopic (exact) mass is 288 g/mol. The SMILES string of the molecule is CC(NC(=O)C(C)(N)C1CC1)c1ccc(C(C)(C)C)cc1. The van der Waals surface area contributed by atoms with Gasteiger partial charge in [-0.1, -0.05) is 45.0 Å². The van der Waals surface area contributed by atoms with Crippen LogP contribution in [0.2, 0.25) is 0 Å². The van der Waals surface area contributed by atoms with Crippen molar-refractivity contribution in [2.24, 2.45) is 11.7 Å². The average molecular weight is 288 g/mol. The third kappa shape index (κ3) is 3.65. The van der Waals surface area contributed by atoms with Gasteiger partial charge in [-0.05, 0) is 49.1 Å². The van der Waals surface area contributed by atoms with Crippen LogP contribution < -0.4 is 11.1 Å². The lowest BCUT2D eigenvalue weighted by molar-refractivity contribution is -0.127. The van der Waals surface area contributed by atoms with Crippen LogP contribution in [0.15, 0.2) is 24.3 Å². The van der Waals surface area contributed by atoms with E-state index in [1.54, 1.807) is 0 Å². The van der Waals surface area contributed by atoms with Crippen molar-refractivity contribution in [1.29, 1.82) is 0 Å². The molecule has 1 saturated carbocycles. The average Bonchev–Trinajstić information content (AvgIpc) is 3.22. The minimum absolute atomic E-state index is 0.0202. The van der Waals surface area contributed by atoms with E-state index in [1.165, 1.54) is 5.56 Å². The minimum Gasteiger partial charge on any atom is -0.348 e. The Morgan fingerprint density at radius 2 is 1.71 bits per heavy atom. The third-order valence-electron chi connectivity index (χ3n) is 4.54.